The Bertz CT molecular complexity index is 7450. The third-order valence-electron chi connectivity index (χ3n) is 23.2. The van der Waals surface area contributed by atoms with E-state index in [4.69, 9.17) is 111 Å². The molecule has 6 unspecified atom stereocenters. The second-order valence-electron chi connectivity index (χ2n) is 33.4. The molecule has 0 bridgehead atoms. The Labute approximate surface area is 813 Å². The van der Waals surface area contributed by atoms with Crippen LogP contribution in [0.4, 0.5) is 38.1 Å². The van der Waals surface area contributed by atoms with Gasteiger partial charge < -0.3 is 96.9 Å². The quantitative estimate of drug-likeness (QED) is 0.0146. The summed E-state index contributed by atoms with van der Waals surface area (Å²) in [5, 5.41) is 13.6. The number of nitrogens with zero attached hydrogens (tertiary/aromatic N) is 15. The number of carbonyl (C=O) groups excluding carboxylic acids is 1. The van der Waals surface area contributed by atoms with Crippen molar-refractivity contribution in [3.63, 3.8) is 0 Å². The number of aliphatic hydroxyl groups excluding tert-OH is 1. The highest BCUT2D eigenvalue weighted by Crippen LogP contribution is 2.57. The van der Waals surface area contributed by atoms with Crippen molar-refractivity contribution in [1.29, 1.82) is 0 Å². The van der Waals surface area contributed by atoms with E-state index in [0.29, 0.717) is 5.56 Å². The molecule has 0 aliphatic carbocycles. The molecule has 0 spiro atoms. The molecule has 70 heteroatoms. The number of ether oxygens (including phenoxy) is 6. The molecule has 6 aliphatic heterocycles. The predicted octanol–water partition coefficient (Wildman–Crippen LogP) is 1.38. The Balaban J connectivity index is 0.558. The minimum atomic E-state index is -5.73. The third-order valence-corrected chi connectivity index (χ3v) is 29.3. The van der Waals surface area contributed by atoms with Gasteiger partial charge in [0.05, 0.1) is 71.3 Å². The molecule has 24 atom stereocenters. The zero-order valence-corrected chi connectivity index (χ0v) is 80.6. The second kappa shape index (κ2) is 43.4. The second-order valence-corrected chi connectivity index (χ2v) is 41.8. The van der Waals surface area contributed by atoms with Crippen LogP contribution in [-0.2, 0) is 110 Å². The number of halogens is 2. The topological polar surface area (TPSA) is 865 Å². The summed E-state index contributed by atoms with van der Waals surface area (Å²) >= 11 is 0. The largest absolute Gasteiger partial charge is 0.472 e. The van der Waals surface area contributed by atoms with Crippen molar-refractivity contribution >= 4 is 128 Å². The number of hydrogen-bond donors (Lipinski definition) is 16. The Morgan fingerprint density at radius 2 is 0.822 bits per heavy atom. The molecule has 6 saturated heterocycles. The number of amides is 1. The van der Waals surface area contributed by atoms with Crippen molar-refractivity contribution in [2.75, 3.05) is 81.5 Å². The number of aliphatic hydroxyl groups is 1. The van der Waals surface area contributed by atoms with E-state index in [9.17, 15) is 104 Å². The summed E-state index contributed by atoms with van der Waals surface area (Å²) in [6.45, 7) is -5.70. The number of nitrogen functional groups attached to an aromatic ring is 5. The minimum Gasteiger partial charge on any atom is -0.390 e. The number of phosphoric ester groups is 6. The highest BCUT2D eigenvalue weighted by atomic mass is 31.2. The van der Waals surface area contributed by atoms with E-state index in [1.807, 2.05) is 0 Å². The minimum absolute atomic E-state index is 0.0196. The fourth-order valence-electron chi connectivity index (χ4n) is 16.4. The molecule has 2 aromatic carbocycles. The van der Waals surface area contributed by atoms with Gasteiger partial charge in [0.15, 0.2) is 33.8 Å². The van der Waals surface area contributed by atoms with E-state index >= 15 is 0 Å². The summed E-state index contributed by atoms with van der Waals surface area (Å²) in [5.74, 6) is -3.38. The first-order valence-corrected chi connectivity index (χ1v) is 52.6. The van der Waals surface area contributed by atoms with Crippen LogP contribution >= 0.6 is 46.9 Å². The highest BCUT2D eigenvalue weighted by Gasteiger charge is 2.52. The molecular weight excluding hydrogens is 2080 g/mol. The first-order chi connectivity index (χ1) is 69.2. The monoisotopic (exact) mass is 2170 g/mol. The SMILES string of the molecule is Cc1cn([C@H]2C[C@H](OP(=O)(O)OC[C@H]3O[C@@H](n4cnc5c(=O)[nH]c(N)nc54)C[C@@H]3OP(=O)(O)OC[C@H]3O[C@@H](n4ccc(N)nc4=O)C[C@@H]3OP(=O)(O)OC[C@H]3O[C@@H](n4cnc5c(=O)[nH]c(N)nc54)C[C@@H]3OP(=O)(O)OC[C@H]3O[C@@H](n4ccc(N)nc4=O)C[C@@H]3OP(=O)(O)OC[C@H]3O[C@@H](n4cnc5c(N)ncnc54)C[C@@H]3O)[C@@H](COP(=O)(O)OCCCNC(=O)c3ccc(/C=C/c4cc(F)cc(F)c4)cc3)O2)c(=O)[nH]c1=O. The smallest absolute Gasteiger partial charge is 0.390 e. The van der Waals surface area contributed by atoms with Crippen LogP contribution in [0.2, 0.25) is 0 Å². The first-order valence-electron chi connectivity index (χ1n) is 43.6. The Hall–Kier alpha value is -11.4. The average molecular weight is 2170 g/mol. The van der Waals surface area contributed by atoms with Crippen molar-refractivity contribution in [3.05, 3.63) is 195 Å². The van der Waals surface area contributed by atoms with Crippen LogP contribution in [0.15, 0.2) is 127 Å². The summed E-state index contributed by atoms with van der Waals surface area (Å²) in [6, 6.07) is 11.4. The number of H-pyrrole nitrogens is 3. The maximum Gasteiger partial charge on any atom is 0.472 e. The number of nitrogens with one attached hydrogen (secondary N) is 4. The Kier molecular flexibility index (Phi) is 31.5. The standard InChI is InChI=1S/C76H90F2N24O38P6/c1-35-24-99(76(110)96-68(35)104)58-21-44(48(133-58)26-124-141(111,112)123-14-2-11-84-69(105)38-7-5-36(6-8-38)3-4-37-15-39(77)17-40(78)16-37)138-144(117,118)129-30-52-46(23-60(135-52)102-34-89-63-67(102)93-73(83)95-71(63)107)140-146(121,122)127-28-50-43(20-57(132-50)98-13-10-54(80)91-75(98)109)137-143(115,116)128-29-51-45(22-59(134-51)101-33-88-62-66(101)92-72(82)94-70(62)106)139-145(119,120)126-27-49-42(19-56(131-49)97-12-9-53(79)90-74(97)108)136-142(113,114)125-25-47-41(103)18-55(130-47)100-32-87-61-64(81)85-31-86-65(61)100/h3-10,12-13,15-17,24,31-34,41-52,55-60,103H,2,11,14,18-23,25-30H2,1H3,(H,84,105)(H,111,112)(H,113,114)(H,115,116)(H,117,118)(H,119,120)(H,121,122)(H2,79,90,108)(H2,80,91,109)(H2,81,85,86)(H,96,104,110)(H3,82,92,94,106)(H3,83,93,95,107)/b4-3+/t41-,42-,43-,44-,45-,46-,47+,48+,49+,50+,51+,52+,55+,56+,57+,58+,59+,60+/m0/s1. The number of benzene rings is 2. The van der Waals surface area contributed by atoms with E-state index in [2.05, 4.69) is 65.1 Å². The van der Waals surface area contributed by atoms with Crippen molar-refractivity contribution < 1.29 is 158 Å². The van der Waals surface area contributed by atoms with Crippen molar-refractivity contribution in [3.8, 4) is 0 Å². The van der Waals surface area contributed by atoms with Gasteiger partial charge in [0.1, 0.15) is 140 Å². The lowest BCUT2D eigenvalue weighted by molar-refractivity contribution is -0.0648. The number of hydrogen-bond acceptors (Lipinski definition) is 46. The van der Waals surface area contributed by atoms with E-state index in [1.165, 1.54) is 48.4 Å². The number of aromatic nitrogens is 18. The fourth-order valence-corrected chi connectivity index (χ4v) is 22.0. The highest BCUT2D eigenvalue weighted by molar-refractivity contribution is 7.48. The number of nitrogens with two attached hydrogens (primary N) is 5. The summed E-state index contributed by atoms with van der Waals surface area (Å²) in [7, 11) is -33.2. The van der Waals surface area contributed by atoms with Crippen LogP contribution < -0.4 is 67.7 Å². The zero-order valence-electron chi connectivity index (χ0n) is 75.2. The number of carbonyl (C=O) groups is 1. The Morgan fingerprint density at radius 1 is 0.445 bits per heavy atom. The third kappa shape index (κ3) is 25.4. The van der Waals surface area contributed by atoms with Gasteiger partial charge in [0.25, 0.3) is 22.6 Å². The molecule has 9 aromatic heterocycles. The van der Waals surface area contributed by atoms with Gasteiger partial charge in [-0.25, -0.2) is 75.5 Å². The van der Waals surface area contributed by atoms with Crippen LogP contribution in [0.25, 0.3) is 45.6 Å². The molecule has 62 nitrogen and oxygen atoms in total. The fraction of sp³-hybridized carbons (Fsp3) is 0.447. The van der Waals surface area contributed by atoms with Gasteiger partial charge in [0.2, 0.25) is 11.9 Å². The molecule has 21 N–H and O–H groups in total. The molecule has 786 valence electrons. The van der Waals surface area contributed by atoms with Crippen molar-refractivity contribution in [1.82, 2.24) is 92.5 Å². The van der Waals surface area contributed by atoms with E-state index in [-0.39, 0.29) is 87.0 Å². The predicted molar refractivity (Wildman–Crippen MR) is 488 cm³/mol. The molecule has 6 fully saturated rings. The van der Waals surface area contributed by atoms with Crippen molar-refractivity contribution in [2.24, 2.45) is 0 Å². The molecule has 0 saturated carbocycles. The Morgan fingerprint density at radius 3 is 1.25 bits per heavy atom. The number of rotatable bonds is 42. The number of phosphoric acid groups is 6. The van der Waals surface area contributed by atoms with Crippen molar-refractivity contribution in [2.45, 2.75) is 162 Å². The maximum absolute atomic E-state index is 14.6. The van der Waals surface area contributed by atoms with E-state index < -0.39 is 299 Å². The van der Waals surface area contributed by atoms with Gasteiger partial charge >= 0.3 is 64.0 Å². The molecule has 15 heterocycles. The van der Waals surface area contributed by atoms with Gasteiger partial charge in [-0.15, -0.1) is 0 Å². The summed E-state index contributed by atoms with van der Waals surface area (Å²) in [4.78, 5) is 203. The van der Waals surface area contributed by atoms with Gasteiger partial charge in [-0.3, -0.25) is 116 Å². The lowest BCUT2D eigenvalue weighted by atomic mass is 10.1. The summed E-state index contributed by atoms with van der Waals surface area (Å²) in [6.07, 6.45) is -20.9. The molecule has 6 aliphatic rings. The molecule has 11 aromatic rings. The number of aromatic amines is 3. The number of fused-ring (bicyclic) bond motifs is 3. The normalized spacial score (nSPS) is 26.9. The lowest BCUT2D eigenvalue weighted by Gasteiger charge is -2.26. The lowest BCUT2D eigenvalue weighted by Crippen LogP contribution is -2.33. The molecule has 0 radical (unpaired) electrons. The number of aryl methyl sites for hydroxylation is 1. The van der Waals surface area contributed by atoms with E-state index in [1.54, 1.807) is 18.2 Å². The van der Waals surface area contributed by atoms with Crippen LogP contribution in [0, 0.1) is 18.6 Å². The molecule has 146 heavy (non-hydrogen) atoms. The number of imidazole rings is 3. The van der Waals surface area contributed by atoms with Crippen LogP contribution in [0.3, 0.4) is 0 Å². The molecule has 17 rings (SSSR count). The number of anilines is 5. The zero-order chi connectivity index (χ0) is 104. The maximum atomic E-state index is 14.6. The van der Waals surface area contributed by atoms with Crippen LogP contribution in [0.1, 0.15) is 109 Å². The first kappa shape index (κ1) is 106. The molecule has 1 amide bonds. The van der Waals surface area contributed by atoms with E-state index in [0.717, 1.165) is 78.3 Å². The van der Waals surface area contributed by atoms with Gasteiger partial charge in [-0.2, -0.15) is 19.9 Å². The van der Waals surface area contributed by atoms with Gasteiger partial charge in [-0.1, -0.05) is 24.3 Å². The summed E-state index contributed by atoms with van der Waals surface area (Å²) < 4.78 is 221. The summed E-state index contributed by atoms with van der Waals surface area (Å²) in [5.41, 5.74) is 24.1. The van der Waals surface area contributed by atoms with Crippen LogP contribution in [-0.4, -0.2) is 254 Å². The van der Waals surface area contributed by atoms with Gasteiger partial charge in [0, 0.05) is 80.9 Å². The molecular formula is C76H90F2N24O38P6. The van der Waals surface area contributed by atoms with Crippen LogP contribution in [0.5, 0.6) is 0 Å². The average Bonchev–Trinajstić information content (AvgIpc) is 1.62. The van der Waals surface area contributed by atoms with Gasteiger partial charge in [-0.05, 0) is 60.9 Å².